The third-order valence-corrected chi connectivity index (χ3v) is 11.2. The van der Waals surface area contributed by atoms with Crippen molar-refractivity contribution in [3.63, 3.8) is 0 Å². The van der Waals surface area contributed by atoms with Gasteiger partial charge in [-0.1, -0.05) is 105 Å². The van der Waals surface area contributed by atoms with E-state index in [0.717, 1.165) is 33.8 Å². The Bertz CT molecular complexity index is 958. The lowest BCUT2D eigenvalue weighted by Gasteiger charge is -2.29. The molecule has 2 aromatic rings. The lowest BCUT2D eigenvalue weighted by molar-refractivity contribution is 0.459. The summed E-state index contributed by atoms with van der Waals surface area (Å²) < 4.78 is 0. The van der Waals surface area contributed by atoms with Crippen LogP contribution in [-0.4, -0.2) is 20.7 Å². The molecule has 2 aromatic carbocycles. The number of phenolic OH excluding ortho intramolecular Hbond substituents is 2. The van der Waals surface area contributed by atoms with Crippen LogP contribution in [0.1, 0.15) is 151 Å². The molecule has 0 heterocycles. The lowest BCUT2D eigenvalue weighted by Crippen LogP contribution is -2.22. The van der Waals surface area contributed by atoms with Gasteiger partial charge in [0.15, 0.2) is 0 Å². The second-order valence-electron chi connectivity index (χ2n) is 12.5. The van der Waals surface area contributed by atoms with Crippen LogP contribution in [0, 0.1) is 0 Å². The minimum atomic E-state index is 0.312. The predicted molar refractivity (Wildman–Crippen MR) is 170 cm³/mol. The lowest BCUT2D eigenvalue weighted by atomic mass is 9.92. The van der Waals surface area contributed by atoms with E-state index in [9.17, 15) is 10.2 Å². The Labute approximate surface area is 241 Å². The first-order valence-electron chi connectivity index (χ1n) is 14.9. The van der Waals surface area contributed by atoms with Gasteiger partial charge < -0.3 is 10.2 Å². The third kappa shape index (κ3) is 8.13. The highest BCUT2D eigenvalue weighted by Gasteiger charge is 2.26. The van der Waals surface area contributed by atoms with Crippen LogP contribution < -0.4 is 0 Å². The van der Waals surface area contributed by atoms with Crippen molar-refractivity contribution in [2.24, 2.45) is 0 Å². The third-order valence-electron chi connectivity index (χ3n) is 8.11. The molecule has 1 aliphatic rings. The smallest absolute Gasteiger partial charge is 0.123 e. The summed E-state index contributed by atoms with van der Waals surface area (Å²) in [7, 11) is 0. The fourth-order valence-electron chi connectivity index (χ4n) is 5.45. The van der Waals surface area contributed by atoms with Crippen molar-refractivity contribution < 1.29 is 10.2 Å². The van der Waals surface area contributed by atoms with E-state index in [1.54, 1.807) is 0 Å². The maximum atomic E-state index is 11.1. The highest BCUT2D eigenvalue weighted by Crippen LogP contribution is 2.42. The Morgan fingerprint density at radius 1 is 0.579 bits per heavy atom. The Hall–Kier alpha value is -1.26. The molecule has 1 fully saturated rings. The maximum absolute atomic E-state index is 11.1. The summed E-state index contributed by atoms with van der Waals surface area (Å²) >= 11 is 4.10. The number of phenols is 2. The number of thioether (sulfide) groups is 2. The minimum Gasteiger partial charge on any atom is -0.507 e. The molecule has 2 nitrogen and oxygen atoms in total. The van der Waals surface area contributed by atoms with Gasteiger partial charge in [0.05, 0.1) is 0 Å². The van der Waals surface area contributed by atoms with Crippen LogP contribution in [0.5, 0.6) is 11.5 Å². The average Bonchev–Trinajstić information content (AvgIpc) is 2.83. The van der Waals surface area contributed by atoms with Gasteiger partial charge in [0.1, 0.15) is 11.5 Å². The van der Waals surface area contributed by atoms with Crippen LogP contribution in [0.4, 0.5) is 0 Å². The fourth-order valence-corrected chi connectivity index (χ4v) is 8.51. The zero-order valence-corrected chi connectivity index (χ0v) is 26.8. The van der Waals surface area contributed by atoms with Crippen molar-refractivity contribution in [1.82, 2.24) is 0 Å². The van der Waals surface area contributed by atoms with Gasteiger partial charge in [-0.05, 0) is 58.8 Å². The Kier molecular flexibility index (Phi) is 11.8. The van der Waals surface area contributed by atoms with Gasteiger partial charge in [-0.2, -0.15) is 23.5 Å². The van der Waals surface area contributed by atoms with E-state index in [0.29, 0.717) is 45.7 Å². The van der Waals surface area contributed by atoms with Crippen LogP contribution in [0.25, 0.3) is 0 Å². The first-order chi connectivity index (χ1) is 18.0. The second-order valence-corrected chi connectivity index (χ2v) is 15.0. The van der Waals surface area contributed by atoms with E-state index < -0.39 is 0 Å². The molecule has 0 saturated heterocycles. The molecule has 38 heavy (non-hydrogen) atoms. The average molecular weight is 557 g/mol. The zero-order valence-electron chi connectivity index (χ0n) is 25.1. The highest BCUT2D eigenvalue weighted by molar-refractivity contribution is 8.03. The van der Waals surface area contributed by atoms with Crippen molar-refractivity contribution >= 4 is 23.5 Å². The van der Waals surface area contributed by atoms with Crippen LogP contribution in [0.15, 0.2) is 24.3 Å². The van der Waals surface area contributed by atoms with Crippen molar-refractivity contribution in [3.8, 4) is 11.5 Å². The molecule has 0 aliphatic heterocycles. The molecule has 0 spiro atoms. The van der Waals surface area contributed by atoms with E-state index in [2.05, 4.69) is 79.7 Å². The minimum absolute atomic E-state index is 0.312. The van der Waals surface area contributed by atoms with E-state index in [1.807, 2.05) is 23.5 Å². The molecule has 212 valence electrons. The largest absolute Gasteiger partial charge is 0.507 e. The van der Waals surface area contributed by atoms with Crippen molar-refractivity contribution in [3.05, 3.63) is 57.6 Å². The van der Waals surface area contributed by atoms with Gasteiger partial charge in [0.25, 0.3) is 0 Å². The number of rotatable bonds is 10. The van der Waals surface area contributed by atoms with Gasteiger partial charge in [-0.3, -0.25) is 0 Å². The molecule has 1 saturated carbocycles. The van der Waals surface area contributed by atoms with Gasteiger partial charge in [0, 0.05) is 33.1 Å². The van der Waals surface area contributed by atoms with Gasteiger partial charge >= 0.3 is 0 Å². The summed E-state index contributed by atoms with van der Waals surface area (Å²) in [5, 5.41) is 23.4. The second kappa shape index (κ2) is 14.4. The van der Waals surface area contributed by atoms with Crippen molar-refractivity contribution in [2.45, 2.75) is 140 Å². The van der Waals surface area contributed by atoms with Gasteiger partial charge in [-0.15, -0.1) is 0 Å². The molecule has 4 heteroatoms. The van der Waals surface area contributed by atoms with Crippen LogP contribution in [-0.2, 0) is 11.5 Å². The van der Waals surface area contributed by atoms with E-state index in [4.69, 9.17) is 0 Å². The quantitative estimate of drug-likeness (QED) is 0.305. The molecular formula is C34H52O2S2. The summed E-state index contributed by atoms with van der Waals surface area (Å²) in [5.74, 6) is 4.25. The topological polar surface area (TPSA) is 40.5 Å². The number of hydrogen-bond donors (Lipinski definition) is 2. The SMILES string of the molecule is CC(C)c1cc(CSC2CCCCCCC2SCc2cc(C(C)C)cc(C(C)C)c2O)c(O)c(C(C)C)c1. The van der Waals surface area contributed by atoms with Crippen LogP contribution in [0.3, 0.4) is 0 Å². The fraction of sp³-hybridized carbons (Fsp3) is 0.647. The molecule has 2 N–H and O–H groups in total. The Morgan fingerprint density at radius 2 is 0.947 bits per heavy atom. The summed E-state index contributed by atoms with van der Waals surface area (Å²) in [6.07, 6.45) is 7.70. The molecule has 2 atom stereocenters. The van der Waals surface area contributed by atoms with E-state index in [-0.39, 0.29) is 0 Å². The summed E-state index contributed by atoms with van der Waals surface area (Å²) in [4.78, 5) is 0. The van der Waals surface area contributed by atoms with Crippen LogP contribution in [0.2, 0.25) is 0 Å². The molecule has 0 bridgehead atoms. The molecule has 0 amide bonds. The molecular weight excluding hydrogens is 505 g/mol. The van der Waals surface area contributed by atoms with Crippen LogP contribution >= 0.6 is 23.5 Å². The molecule has 3 rings (SSSR count). The zero-order chi connectivity index (χ0) is 28.0. The first kappa shape index (κ1) is 31.3. The number of benzene rings is 2. The predicted octanol–water partition coefficient (Wildman–Crippen LogP) is 10.8. The number of aromatic hydroxyl groups is 2. The summed E-state index contributed by atoms with van der Waals surface area (Å²) in [6, 6.07) is 8.90. The summed E-state index contributed by atoms with van der Waals surface area (Å²) in [6.45, 7) is 17.6. The normalized spacial score (nSPS) is 18.9. The standard InChI is InChI=1S/C34H52O2S2/c1-21(2)25-15-27(33(35)29(17-25)23(5)6)19-37-31-13-11-9-10-12-14-32(31)38-20-28-16-26(22(3)4)18-30(24(7)8)34(28)36/h15-18,21-24,31-32,35-36H,9-14,19-20H2,1-8H3. The first-order valence-corrected chi connectivity index (χ1v) is 17.0. The van der Waals surface area contributed by atoms with Gasteiger partial charge in [0.2, 0.25) is 0 Å². The van der Waals surface area contributed by atoms with E-state index in [1.165, 1.54) is 49.7 Å². The molecule has 0 radical (unpaired) electrons. The Balaban J connectivity index is 1.81. The molecule has 0 aromatic heterocycles. The van der Waals surface area contributed by atoms with E-state index >= 15 is 0 Å². The molecule has 2 unspecified atom stereocenters. The maximum Gasteiger partial charge on any atom is 0.123 e. The van der Waals surface area contributed by atoms with Crippen molar-refractivity contribution in [1.29, 1.82) is 0 Å². The monoisotopic (exact) mass is 556 g/mol. The van der Waals surface area contributed by atoms with Gasteiger partial charge in [-0.25, -0.2) is 0 Å². The highest BCUT2D eigenvalue weighted by atomic mass is 32.2. The van der Waals surface area contributed by atoms with Crippen molar-refractivity contribution in [2.75, 3.05) is 0 Å². The number of hydrogen-bond acceptors (Lipinski definition) is 4. The Morgan fingerprint density at radius 3 is 1.26 bits per heavy atom. The summed E-state index contributed by atoms with van der Waals surface area (Å²) in [5.41, 5.74) is 7.01. The molecule has 1 aliphatic carbocycles.